The Kier molecular flexibility index (Phi) is 9.30. The first-order valence-corrected chi connectivity index (χ1v) is 14.7. The van der Waals surface area contributed by atoms with E-state index >= 15 is 0 Å². The maximum atomic E-state index is 13.3. The number of carbonyl (C=O) groups is 1. The first-order chi connectivity index (χ1) is 17.6. The van der Waals surface area contributed by atoms with Crippen LogP contribution in [0.15, 0.2) is 24.3 Å². The van der Waals surface area contributed by atoms with E-state index < -0.39 is 23.1 Å². The minimum absolute atomic E-state index is 0.000228. The zero-order valence-corrected chi connectivity index (χ0v) is 22.7. The largest absolute Gasteiger partial charge is 0.481 e. The molecule has 1 N–H and O–H groups in total. The fourth-order valence-corrected chi connectivity index (χ4v) is 7.45. The molecule has 3 nitrogen and oxygen atoms in total. The Morgan fingerprint density at radius 1 is 0.838 bits per heavy atom. The van der Waals surface area contributed by atoms with Crippen molar-refractivity contribution in [3.8, 4) is 0 Å². The third-order valence-electron chi connectivity index (χ3n) is 9.96. The molecule has 3 aliphatic rings. The summed E-state index contributed by atoms with van der Waals surface area (Å²) in [6.07, 6.45) is 11.0. The molecule has 4 rings (SSSR count). The summed E-state index contributed by atoms with van der Waals surface area (Å²) in [4.78, 5) is 14.8. The molecule has 0 radical (unpaired) electrons. The lowest BCUT2D eigenvalue weighted by Crippen LogP contribution is -2.49. The molecular formula is C31H46F3NO2. The molecule has 0 amide bonds. The smallest absolute Gasteiger partial charge is 0.416 e. The summed E-state index contributed by atoms with van der Waals surface area (Å²) >= 11 is 0. The topological polar surface area (TPSA) is 40.5 Å². The Bertz CT molecular complexity index is 849. The first kappa shape index (κ1) is 28.4. The van der Waals surface area contributed by atoms with Crippen LogP contribution in [0.25, 0.3) is 0 Å². The van der Waals surface area contributed by atoms with Crippen molar-refractivity contribution in [3.63, 3.8) is 0 Å². The molecule has 3 unspecified atom stereocenters. The third kappa shape index (κ3) is 7.10. The molecule has 208 valence electrons. The second kappa shape index (κ2) is 12.1. The standard InChI is InChI=1S/C31H46F3NO2/c1-30(2,29(36)37)26-17-18-28(27(19-26)24-13-15-25(16-14-24)31(32,33)34)35(20-22-9-5-3-6-10-22)21-23-11-7-4-8-12-23/h13-16,22-23,26-28H,3-12,17-21H2,1-2H3,(H,36,37). The normalized spacial score (nSPS) is 26.9. The zero-order valence-electron chi connectivity index (χ0n) is 22.7. The number of hydrogen-bond donors (Lipinski definition) is 1. The van der Waals surface area contributed by atoms with Crippen LogP contribution in [0, 0.1) is 23.2 Å². The minimum atomic E-state index is -4.35. The summed E-state index contributed by atoms with van der Waals surface area (Å²) in [5.41, 5.74) is -0.541. The molecule has 0 spiro atoms. The molecule has 3 fully saturated rings. The number of aliphatic carboxylic acids is 1. The van der Waals surface area contributed by atoms with Gasteiger partial charge in [-0.25, -0.2) is 0 Å². The van der Waals surface area contributed by atoms with Gasteiger partial charge in [-0.05, 0) is 100 Å². The Hall–Kier alpha value is -1.56. The van der Waals surface area contributed by atoms with Crippen molar-refractivity contribution in [2.75, 3.05) is 13.1 Å². The summed E-state index contributed by atoms with van der Waals surface area (Å²) in [7, 11) is 0. The van der Waals surface area contributed by atoms with Crippen LogP contribution in [-0.4, -0.2) is 35.1 Å². The van der Waals surface area contributed by atoms with E-state index in [9.17, 15) is 23.1 Å². The number of carboxylic acids is 1. The predicted molar refractivity (Wildman–Crippen MR) is 141 cm³/mol. The van der Waals surface area contributed by atoms with Gasteiger partial charge in [0.25, 0.3) is 0 Å². The number of halogens is 3. The van der Waals surface area contributed by atoms with Gasteiger partial charge < -0.3 is 5.11 Å². The van der Waals surface area contributed by atoms with Crippen molar-refractivity contribution >= 4 is 5.97 Å². The highest BCUT2D eigenvalue weighted by atomic mass is 19.4. The molecule has 0 bridgehead atoms. The highest BCUT2D eigenvalue weighted by molar-refractivity contribution is 5.74. The van der Waals surface area contributed by atoms with Gasteiger partial charge in [0.1, 0.15) is 0 Å². The highest BCUT2D eigenvalue weighted by Gasteiger charge is 2.45. The maximum Gasteiger partial charge on any atom is 0.416 e. The summed E-state index contributed by atoms with van der Waals surface area (Å²) in [6, 6.07) is 6.00. The van der Waals surface area contributed by atoms with E-state index in [2.05, 4.69) is 4.90 Å². The average molecular weight is 522 g/mol. The van der Waals surface area contributed by atoms with Crippen molar-refractivity contribution in [1.82, 2.24) is 4.90 Å². The van der Waals surface area contributed by atoms with Crippen molar-refractivity contribution in [1.29, 1.82) is 0 Å². The quantitative estimate of drug-likeness (QED) is 0.373. The fourth-order valence-electron chi connectivity index (χ4n) is 7.45. The molecule has 0 aliphatic heterocycles. The molecule has 3 saturated carbocycles. The molecule has 1 aromatic carbocycles. The van der Waals surface area contributed by atoms with Gasteiger partial charge in [0.2, 0.25) is 0 Å². The van der Waals surface area contributed by atoms with Crippen molar-refractivity contribution in [2.24, 2.45) is 23.2 Å². The highest BCUT2D eigenvalue weighted by Crippen LogP contribution is 2.47. The van der Waals surface area contributed by atoms with Gasteiger partial charge in [0.15, 0.2) is 0 Å². The second-order valence-electron chi connectivity index (χ2n) is 12.8. The van der Waals surface area contributed by atoms with Crippen molar-refractivity contribution in [3.05, 3.63) is 35.4 Å². The fraction of sp³-hybridized carbons (Fsp3) is 0.774. The van der Waals surface area contributed by atoms with E-state index in [4.69, 9.17) is 0 Å². The number of hydrogen-bond acceptors (Lipinski definition) is 2. The monoisotopic (exact) mass is 521 g/mol. The average Bonchev–Trinajstić information content (AvgIpc) is 2.88. The second-order valence-corrected chi connectivity index (χ2v) is 12.8. The molecule has 3 aliphatic carbocycles. The number of nitrogens with zero attached hydrogens (tertiary/aromatic N) is 1. The summed E-state index contributed by atoms with van der Waals surface area (Å²) in [6.45, 7) is 5.77. The van der Waals surface area contributed by atoms with Crippen LogP contribution < -0.4 is 0 Å². The van der Waals surface area contributed by atoms with Crippen LogP contribution in [0.4, 0.5) is 13.2 Å². The third-order valence-corrected chi connectivity index (χ3v) is 9.96. The Morgan fingerprint density at radius 3 is 1.81 bits per heavy atom. The number of carboxylic acid groups (broad SMARTS) is 1. The zero-order chi connectivity index (χ0) is 26.6. The summed E-state index contributed by atoms with van der Waals surface area (Å²) in [5, 5.41) is 9.95. The number of rotatable bonds is 8. The van der Waals surface area contributed by atoms with Crippen LogP contribution >= 0.6 is 0 Å². The molecule has 1 aromatic rings. The molecule has 0 saturated heterocycles. The Balaban J connectivity index is 1.63. The Morgan fingerprint density at radius 2 is 1.35 bits per heavy atom. The molecule has 37 heavy (non-hydrogen) atoms. The lowest BCUT2D eigenvalue weighted by atomic mass is 9.64. The van der Waals surface area contributed by atoms with Gasteiger partial charge >= 0.3 is 12.1 Å². The van der Waals surface area contributed by atoms with E-state index in [0.29, 0.717) is 18.3 Å². The van der Waals surface area contributed by atoms with Gasteiger partial charge in [-0.1, -0.05) is 50.7 Å². The first-order valence-electron chi connectivity index (χ1n) is 14.7. The summed E-state index contributed by atoms with van der Waals surface area (Å²) in [5.74, 6) is 0.646. The number of alkyl halides is 3. The van der Waals surface area contributed by atoms with Gasteiger partial charge in [-0.2, -0.15) is 13.2 Å². The number of benzene rings is 1. The van der Waals surface area contributed by atoms with Gasteiger partial charge in [0.05, 0.1) is 11.0 Å². The summed E-state index contributed by atoms with van der Waals surface area (Å²) < 4.78 is 40.0. The van der Waals surface area contributed by atoms with Crippen LogP contribution in [0.3, 0.4) is 0 Å². The van der Waals surface area contributed by atoms with Crippen LogP contribution in [0.1, 0.15) is 114 Å². The lowest BCUT2D eigenvalue weighted by Gasteiger charge is -2.48. The SMILES string of the molecule is CC(C)(C(=O)O)C1CCC(N(CC2CCCCC2)CC2CCCCC2)C(c2ccc(C(F)(F)F)cc2)C1. The maximum absolute atomic E-state index is 13.3. The van der Waals surface area contributed by atoms with Crippen LogP contribution in [-0.2, 0) is 11.0 Å². The van der Waals surface area contributed by atoms with Crippen molar-refractivity contribution in [2.45, 2.75) is 115 Å². The van der Waals surface area contributed by atoms with Gasteiger partial charge in [0, 0.05) is 19.1 Å². The van der Waals surface area contributed by atoms with E-state index in [0.717, 1.165) is 31.5 Å². The predicted octanol–water partition coefficient (Wildman–Crippen LogP) is 8.53. The van der Waals surface area contributed by atoms with Gasteiger partial charge in [-0.15, -0.1) is 0 Å². The van der Waals surface area contributed by atoms with E-state index in [1.54, 1.807) is 12.1 Å². The van der Waals surface area contributed by atoms with E-state index in [1.807, 2.05) is 13.8 Å². The lowest BCUT2D eigenvalue weighted by molar-refractivity contribution is -0.151. The van der Waals surface area contributed by atoms with Crippen LogP contribution in [0.2, 0.25) is 0 Å². The Labute approximate surface area is 221 Å². The van der Waals surface area contributed by atoms with E-state index in [-0.39, 0.29) is 17.9 Å². The van der Waals surface area contributed by atoms with Crippen molar-refractivity contribution < 1.29 is 23.1 Å². The van der Waals surface area contributed by atoms with Gasteiger partial charge in [-0.3, -0.25) is 9.69 Å². The minimum Gasteiger partial charge on any atom is -0.481 e. The molecule has 3 atom stereocenters. The van der Waals surface area contributed by atoms with E-state index in [1.165, 1.54) is 76.3 Å². The molecule has 0 aromatic heterocycles. The molecular weight excluding hydrogens is 475 g/mol. The molecule has 6 heteroatoms. The molecule has 0 heterocycles. The van der Waals surface area contributed by atoms with Crippen LogP contribution in [0.5, 0.6) is 0 Å².